The van der Waals surface area contributed by atoms with Gasteiger partial charge in [-0.15, -0.1) is 0 Å². The van der Waals surface area contributed by atoms with Crippen molar-refractivity contribution in [2.45, 2.75) is 0 Å². The Labute approximate surface area is 114 Å². The number of aromatic nitrogens is 3. The first-order valence-electron chi connectivity index (χ1n) is 5.38. The summed E-state index contributed by atoms with van der Waals surface area (Å²) in [5.74, 6) is -2.51. The Balaban J connectivity index is 0.000000221. The number of hydrogen-bond donors (Lipinski definition) is 3. The van der Waals surface area contributed by atoms with Crippen LogP contribution >= 0.6 is 0 Å². The largest absolute Gasteiger partial charge is 0.478 e. The van der Waals surface area contributed by atoms with E-state index in [9.17, 15) is 9.59 Å². The van der Waals surface area contributed by atoms with Gasteiger partial charge in [-0.3, -0.25) is 10.4 Å². The van der Waals surface area contributed by atoms with Gasteiger partial charge in [-0.25, -0.2) is 9.59 Å². The molecule has 0 atom stereocenters. The van der Waals surface area contributed by atoms with Crippen molar-refractivity contribution in [3.63, 3.8) is 0 Å². The molecule has 0 radical (unpaired) electrons. The Morgan fingerprint density at radius 1 is 1.10 bits per heavy atom. The molecule has 0 unspecified atom stereocenters. The lowest BCUT2D eigenvalue weighted by atomic mass is 10.4. The van der Waals surface area contributed by atoms with E-state index in [0.29, 0.717) is 12.2 Å². The summed E-state index contributed by atoms with van der Waals surface area (Å²) in [4.78, 5) is 24.6. The number of nitrogens with zero attached hydrogens (tertiary/aromatic N) is 3. The van der Waals surface area contributed by atoms with Gasteiger partial charge in [-0.05, 0) is 18.2 Å². The highest BCUT2D eigenvalue weighted by Crippen LogP contribution is 2.02. The number of pyridine rings is 1. The van der Waals surface area contributed by atoms with Crippen LogP contribution < -0.4 is 5.43 Å². The fourth-order valence-electron chi connectivity index (χ4n) is 1.04. The summed E-state index contributed by atoms with van der Waals surface area (Å²) in [5.41, 5.74) is 4.02. The van der Waals surface area contributed by atoms with Crippen LogP contribution in [-0.4, -0.2) is 37.0 Å². The molecular weight excluding hydrogens is 264 g/mol. The minimum atomic E-state index is -1.26. The van der Waals surface area contributed by atoms with Gasteiger partial charge in [0, 0.05) is 30.7 Å². The minimum absolute atomic E-state index is 0.558. The smallest absolute Gasteiger partial charge is 0.328 e. The number of nitrogens with one attached hydrogen (secondary N) is 1. The molecule has 0 aliphatic heterocycles. The molecule has 0 fully saturated rings. The first kappa shape index (κ1) is 14.9. The second-order valence-corrected chi connectivity index (χ2v) is 3.31. The molecule has 8 heteroatoms. The van der Waals surface area contributed by atoms with Gasteiger partial charge in [0.25, 0.3) is 0 Å². The van der Waals surface area contributed by atoms with Crippen molar-refractivity contribution in [1.82, 2.24) is 14.9 Å². The van der Waals surface area contributed by atoms with Crippen LogP contribution in [0.1, 0.15) is 0 Å². The molecule has 8 nitrogen and oxygen atoms in total. The second-order valence-electron chi connectivity index (χ2n) is 3.31. The third kappa shape index (κ3) is 6.55. The molecule has 2 aromatic heterocycles. The van der Waals surface area contributed by atoms with E-state index < -0.39 is 11.9 Å². The predicted octanol–water partition coefficient (Wildman–Crippen LogP) is 0.865. The number of hydrogen-bond acceptors (Lipinski definition) is 5. The molecule has 0 bridgehead atoms. The summed E-state index contributed by atoms with van der Waals surface area (Å²) in [5, 5.41) is 19.6. The molecule has 0 aliphatic carbocycles. The van der Waals surface area contributed by atoms with Crippen molar-refractivity contribution in [2.24, 2.45) is 0 Å². The number of anilines is 1. The molecule has 0 aliphatic rings. The third-order valence-electron chi connectivity index (χ3n) is 1.80. The molecule has 104 valence electrons. The maximum atomic E-state index is 9.55. The van der Waals surface area contributed by atoms with Crippen molar-refractivity contribution in [3.8, 4) is 0 Å². The zero-order valence-corrected chi connectivity index (χ0v) is 10.2. The summed E-state index contributed by atoms with van der Waals surface area (Å²) >= 11 is 0. The zero-order chi connectivity index (χ0) is 14.8. The fourth-order valence-corrected chi connectivity index (χ4v) is 1.04. The molecule has 20 heavy (non-hydrogen) atoms. The van der Waals surface area contributed by atoms with Crippen LogP contribution in [0.2, 0.25) is 0 Å². The van der Waals surface area contributed by atoms with Gasteiger partial charge in [-0.2, -0.15) is 9.89 Å². The zero-order valence-electron chi connectivity index (χ0n) is 10.2. The predicted molar refractivity (Wildman–Crippen MR) is 69.9 cm³/mol. The van der Waals surface area contributed by atoms with E-state index >= 15 is 0 Å². The summed E-state index contributed by atoms with van der Waals surface area (Å²) < 4.78 is 0. The van der Waals surface area contributed by atoms with E-state index in [4.69, 9.17) is 10.2 Å². The molecule has 2 heterocycles. The topological polar surface area (TPSA) is 117 Å². The summed E-state index contributed by atoms with van der Waals surface area (Å²) in [6.45, 7) is 0. The van der Waals surface area contributed by atoms with E-state index in [1.54, 1.807) is 23.4 Å². The van der Waals surface area contributed by atoms with Gasteiger partial charge in [-0.1, -0.05) is 0 Å². The van der Waals surface area contributed by atoms with Crippen molar-refractivity contribution in [3.05, 3.63) is 55.1 Å². The number of rotatable bonds is 4. The van der Waals surface area contributed by atoms with Crippen LogP contribution in [0.3, 0.4) is 0 Å². The summed E-state index contributed by atoms with van der Waals surface area (Å²) in [6, 6.07) is 5.61. The minimum Gasteiger partial charge on any atom is -0.478 e. The Kier molecular flexibility index (Phi) is 5.98. The maximum Gasteiger partial charge on any atom is 0.328 e. The fraction of sp³-hybridized carbons (Fsp3) is 0. The van der Waals surface area contributed by atoms with E-state index in [-0.39, 0.29) is 0 Å². The normalized spacial score (nSPS) is 9.60. The average Bonchev–Trinajstić information content (AvgIpc) is 2.91. The first-order valence-corrected chi connectivity index (χ1v) is 5.38. The van der Waals surface area contributed by atoms with Crippen LogP contribution in [0.25, 0.3) is 0 Å². The van der Waals surface area contributed by atoms with E-state index in [2.05, 4.69) is 15.5 Å². The SMILES string of the molecule is O=C(O)/C=C/C(=O)O.c1cnn(Nc2ccncc2)c1. The van der Waals surface area contributed by atoms with Gasteiger partial charge in [0.1, 0.15) is 0 Å². The Morgan fingerprint density at radius 2 is 1.70 bits per heavy atom. The van der Waals surface area contributed by atoms with Gasteiger partial charge in [0.2, 0.25) is 0 Å². The average molecular weight is 276 g/mol. The standard InChI is InChI=1S/C8H8N4.C4H4O4/c1-4-10-12(7-1)11-8-2-5-9-6-3-8;5-3(6)1-2-4(7)8/h1-7H,(H,9,11);1-2H,(H,5,6)(H,7,8)/b;2-1+. The monoisotopic (exact) mass is 276 g/mol. The van der Waals surface area contributed by atoms with Crippen molar-refractivity contribution in [2.75, 3.05) is 5.43 Å². The van der Waals surface area contributed by atoms with Crippen LogP contribution in [0.5, 0.6) is 0 Å². The van der Waals surface area contributed by atoms with Gasteiger partial charge >= 0.3 is 11.9 Å². The van der Waals surface area contributed by atoms with Gasteiger partial charge in [0.15, 0.2) is 0 Å². The van der Waals surface area contributed by atoms with Crippen molar-refractivity contribution >= 4 is 17.6 Å². The Morgan fingerprint density at radius 3 is 2.15 bits per heavy atom. The third-order valence-corrected chi connectivity index (χ3v) is 1.80. The number of aliphatic carboxylic acids is 2. The molecule has 2 rings (SSSR count). The molecular formula is C12H12N4O4. The van der Waals surface area contributed by atoms with Gasteiger partial charge in [0.05, 0.1) is 11.9 Å². The highest BCUT2D eigenvalue weighted by Gasteiger charge is 1.89. The molecule has 0 saturated heterocycles. The number of carbonyl (C=O) groups is 2. The number of carboxylic acids is 2. The van der Waals surface area contributed by atoms with E-state index in [0.717, 1.165) is 5.69 Å². The van der Waals surface area contributed by atoms with E-state index in [1.165, 1.54) is 0 Å². The maximum absolute atomic E-state index is 9.55. The van der Waals surface area contributed by atoms with Crippen LogP contribution in [0, 0.1) is 0 Å². The second kappa shape index (κ2) is 8.03. The number of carboxylic acid groups (broad SMARTS) is 2. The quantitative estimate of drug-likeness (QED) is 0.709. The molecule has 0 saturated carbocycles. The molecule has 2 aromatic rings. The lowest BCUT2D eigenvalue weighted by Gasteiger charge is -2.03. The Hall–Kier alpha value is -3.16. The summed E-state index contributed by atoms with van der Waals surface area (Å²) in [7, 11) is 0. The summed E-state index contributed by atoms with van der Waals surface area (Å²) in [6.07, 6.45) is 8.12. The molecule has 0 aromatic carbocycles. The molecule has 0 spiro atoms. The van der Waals surface area contributed by atoms with Crippen LogP contribution in [0.15, 0.2) is 55.1 Å². The lowest BCUT2D eigenvalue weighted by Crippen LogP contribution is -2.08. The molecule has 3 N–H and O–H groups in total. The Bertz CT molecular complexity index is 550. The lowest BCUT2D eigenvalue weighted by molar-refractivity contribution is -0.134. The highest BCUT2D eigenvalue weighted by atomic mass is 16.4. The van der Waals surface area contributed by atoms with Gasteiger partial charge < -0.3 is 10.2 Å². The van der Waals surface area contributed by atoms with E-state index in [1.807, 2.05) is 24.4 Å². The van der Waals surface area contributed by atoms with Crippen LogP contribution in [0.4, 0.5) is 5.69 Å². The van der Waals surface area contributed by atoms with Crippen molar-refractivity contribution in [1.29, 1.82) is 0 Å². The van der Waals surface area contributed by atoms with Crippen molar-refractivity contribution < 1.29 is 19.8 Å². The highest BCUT2D eigenvalue weighted by molar-refractivity contribution is 5.89. The van der Waals surface area contributed by atoms with Crippen LogP contribution in [-0.2, 0) is 9.59 Å². The first-order chi connectivity index (χ1) is 9.58. The molecule has 0 amide bonds.